The molecule has 4 N–H and O–H groups in total. The number of carboxylic acids is 1. The number of hydrazine groups is 1. The molecule has 2 atom stereocenters. The van der Waals surface area contributed by atoms with Crippen molar-refractivity contribution in [1.82, 2.24) is 16.2 Å². The monoisotopic (exact) mass is 219 g/mol. The van der Waals surface area contributed by atoms with Crippen LogP contribution in [0.2, 0.25) is 0 Å². The molecule has 1 aliphatic heterocycles. The zero-order valence-electron chi connectivity index (χ0n) is 7.23. The summed E-state index contributed by atoms with van der Waals surface area (Å²) in [5.41, 5.74) is 4.56. The number of thioether (sulfide) groups is 1. The minimum atomic E-state index is -1.01. The molecule has 14 heavy (non-hydrogen) atoms. The average molecular weight is 219 g/mol. The average Bonchev–Trinajstić information content (AvgIpc) is 2.09. The Bertz CT molecular complexity index is 282. The van der Waals surface area contributed by atoms with E-state index in [-0.39, 0.29) is 0 Å². The second kappa shape index (κ2) is 4.29. The predicted molar refractivity (Wildman–Crippen MR) is 48.3 cm³/mol. The zero-order chi connectivity index (χ0) is 10.7. The van der Waals surface area contributed by atoms with Gasteiger partial charge in [-0.1, -0.05) is 0 Å². The molecule has 7 nitrogen and oxygen atoms in total. The lowest BCUT2D eigenvalue weighted by molar-refractivity contribution is -0.136. The Morgan fingerprint density at radius 1 is 1.57 bits per heavy atom. The molecule has 0 bridgehead atoms. The number of hydrogen-bond acceptors (Lipinski definition) is 5. The normalized spacial score (nSPS) is 23.6. The van der Waals surface area contributed by atoms with Crippen LogP contribution < -0.4 is 16.2 Å². The van der Waals surface area contributed by atoms with Gasteiger partial charge in [0.05, 0.1) is 0 Å². The Hall–Kier alpha value is -1.28. The molecule has 0 saturated carbocycles. The van der Waals surface area contributed by atoms with E-state index in [0.29, 0.717) is 0 Å². The molecule has 0 aromatic carbocycles. The Kier molecular flexibility index (Phi) is 3.31. The van der Waals surface area contributed by atoms with Gasteiger partial charge in [-0.3, -0.25) is 20.3 Å². The summed E-state index contributed by atoms with van der Waals surface area (Å²) in [7, 11) is 0. The maximum atomic E-state index is 11.1. The number of rotatable bonds is 3. The molecule has 0 aromatic rings. The van der Waals surface area contributed by atoms with E-state index >= 15 is 0 Å². The lowest BCUT2D eigenvalue weighted by Crippen LogP contribution is -2.61. The van der Waals surface area contributed by atoms with Gasteiger partial charge in [0.25, 0.3) is 5.91 Å². The molecule has 78 valence electrons. The highest BCUT2D eigenvalue weighted by atomic mass is 32.2. The molecule has 1 fully saturated rings. The van der Waals surface area contributed by atoms with Crippen molar-refractivity contribution >= 4 is 29.7 Å². The number of urea groups is 1. The Labute approximate surface area is 83.6 Å². The summed E-state index contributed by atoms with van der Waals surface area (Å²) in [6.45, 7) is 1.46. The molecule has 1 heterocycles. The molecule has 2 unspecified atom stereocenters. The summed E-state index contributed by atoms with van der Waals surface area (Å²) < 4.78 is 0. The first kappa shape index (κ1) is 10.8. The number of nitrogens with one attached hydrogen (secondary N) is 3. The topological polar surface area (TPSA) is 108 Å². The van der Waals surface area contributed by atoms with Gasteiger partial charge in [0.1, 0.15) is 5.25 Å². The maximum absolute atomic E-state index is 11.1. The number of hydrogen-bond donors (Lipinski definition) is 4. The Morgan fingerprint density at radius 3 is 2.71 bits per heavy atom. The van der Waals surface area contributed by atoms with E-state index in [4.69, 9.17) is 5.11 Å². The van der Waals surface area contributed by atoms with Crippen molar-refractivity contribution in [3.63, 3.8) is 0 Å². The standard InChI is InChI=1S/C6H9N3O4S/c1-2(5(11)12)14-4-3(10)7-6(13)9-8-4/h2,4,8H,1H3,(H,11,12)(H2,7,9,10,13). The third-order valence-corrected chi connectivity index (χ3v) is 2.69. The van der Waals surface area contributed by atoms with Crippen molar-refractivity contribution < 1.29 is 19.5 Å². The van der Waals surface area contributed by atoms with Crippen molar-refractivity contribution in [2.45, 2.75) is 17.5 Å². The van der Waals surface area contributed by atoms with Crippen molar-refractivity contribution in [2.75, 3.05) is 0 Å². The number of carboxylic acid groups (broad SMARTS) is 1. The van der Waals surface area contributed by atoms with Crippen LogP contribution >= 0.6 is 11.8 Å². The minimum absolute atomic E-state index is 0.549. The van der Waals surface area contributed by atoms with Gasteiger partial charge in [-0.25, -0.2) is 10.2 Å². The highest BCUT2D eigenvalue weighted by molar-refractivity contribution is 8.01. The van der Waals surface area contributed by atoms with E-state index in [1.165, 1.54) is 6.92 Å². The zero-order valence-corrected chi connectivity index (χ0v) is 8.05. The number of imide groups is 1. The summed E-state index contributed by atoms with van der Waals surface area (Å²) in [5.74, 6) is -1.56. The van der Waals surface area contributed by atoms with Crippen LogP contribution in [0, 0.1) is 0 Å². The van der Waals surface area contributed by atoms with Crippen LogP contribution in [-0.4, -0.2) is 33.6 Å². The summed E-state index contributed by atoms with van der Waals surface area (Å²) >= 11 is 0.901. The number of carbonyl (C=O) groups is 3. The van der Waals surface area contributed by atoms with Gasteiger partial charge >= 0.3 is 12.0 Å². The van der Waals surface area contributed by atoms with E-state index in [1.807, 2.05) is 5.32 Å². The summed E-state index contributed by atoms with van der Waals surface area (Å²) in [6.07, 6.45) is 0. The number of carbonyl (C=O) groups excluding carboxylic acids is 2. The summed E-state index contributed by atoms with van der Waals surface area (Å²) in [4.78, 5) is 32.2. The van der Waals surface area contributed by atoms with Crippen LogP contribution in [0.1, 0.15) is 6.92 Å². The molecule has 0 spiro atoms. The van der Waals surface area contributed by atoms with E-state index in [1.54, 1.807) is 0 Å². The largest absolute Gasteiger partial charge is 0.480 e. The second-order valence-electron chi connectivity index (χ2n) is 2.58. The molecule has 0 aromatic heterocycles. The number of amides is 3. The number of aliphatic carboxylic acids is 1. The molecule has 3 amide bonds. The van der Waals surface area contributed by atoms with Gasteiger partial charge in [0, 0.05) is 0 Å². The van der Waals surface area contributed by atoms with Crippen molar-refractivity contribution in [3.8, 4) is 0 Å². The molecule has 1 saturated heterocycles. The van der Waals surface area contributed by atoms with Gasteiger partial charge in [-0.05, 0) is 6.92 Å². The van der Waals surface area contributed by atoms with Crippen molar-refractivity contribution in [1.29, 1.82) is 0 Å². The fourth-order valence-corrected chi connectivity index (χ4v) is 1.60. The third kappa shape index (κ3) is 2.60. The van der Waals surface area contributed by atoms with E-state index in [0.717, 1.165) is 11.8 Å². The van der Waals surface area contributed by atoms with E-state index in [2.05, 4.69) is 10.9 Å². The van der Waals surface area contributed by atoms with Crippen molar-refractivity contribution in [3.05, 3.63) is 0 Å². The van der Waals surface area contributed by atoms with Gasteiger partial charge in [0.2, 0.25) is 0 Å². The molecule has 1 aliphatic rings. The van der Waals surface area contributed by atoms with E-state index in [9.17, 15) is 14.4 Å². The SMILES string of the molecule is CC(SC1NNC(=O)NC1=O)C(=O)O. The Balaban J connectivity index is 2.49. The first-order valence-corrected chi connectivity index (χ1v) is 4.69. The Morgan fingerprint density at radius 2 is 2.21 bits per heavy atom. The van der Waals surface area contributed by atoms with Gasteiger partial charge in [-0.2, -0.15) is 0 Å². The molecule has 0 radical (unpaired) electrons. The lowest BCUT2D eigenvalue weighted by atomic mass is 10.5. The van der Waals surface area contributed by atoms with E-state index < -0.39 is 28.5 Å². The fraction of sp³-hybridized carbons (Fsp3) is 0.500. The summed E-state index contributed by atoms with van der Waals surface area (Å²) in [6, 6.07) is -0.644. The van der Waals surface area contributed by atoms with Crippen LogP contribution in [0.3, 0.4) is 0 Å². The van der Waals surface area contributed by atoms with Crippen molar-refractivity contribution in [2.24, 2.45) is 0 Å². The predicted octanol–water partition coefficient (Wildman–Crippen LogP) is -1.14. The van der Waals surface area contributed by atoms with Crippen LogP contribution in [0.15, 0.2) is 0 Å². The maximum Gasteiger partial charge on any atom is 0.335 e. The third-order valence-electron chi connectivity index (χ3n) is 1.48. The van der Waals surface area contributed by atoms with Gasteiger partial charge in [-0.15, -0.1) is 11.8 Å². The van der Waals surface area contributed by atoms with Crippen LogP contribution in [0.25, 0.3) is 0 Å². The second-order valence-corrected chi connectivity index (χ2v) is 4.03. The molecular formula is C6H9N3O4S. The quantitative estimate of drug-likeness (QED) is 0.478. The van der Waals surface area contributed by atoms with Gasteiger partial charge in [0.15, 0.2) is 5.37 Å². The first-order chi connectivity index (χ1) is 6.50. The molecule has 8 heteroatoms. The summed E-state index contributed by atoms with van der Waals surface area (Å²) in [5, 5.41) is 9.08. The minimum Gasteiger partial charge on any atom is -0.480 e. The van der Waals surface area contributed by atoms with Crippen LogP contribution in [0.5, 0.6) is 0 Å². The highest BCUT2D eigenvalue weighted by Gasteiger charge is 2.29. The fourth-order valence-electron chi connectivity index (χ4n) is 0.763. The lowest BCUT2D eigenvalue weighted by Gasteiger charge is -2.23. The smallest absolute Gasteiger partial charge is 0.335 e. The molecular weight excluding hydrogens is 210 g/mol. The highest BCUT2D eigenvalue weighted by Crippen LogP contribution is 2.16. The first-order valence-electron chi connectivity index (χ1n) is 3.75. The van der Waals surface area contributed by atoms with Gasteiger partial charge < -0.3 is 5.11 Å². The molecule has 1 rings (SSSR count). The van der Waals surface area contributed by atoms with Crippen LogP contribution in [0.4, 0.5) is 4.79 Å². The van der Waals surface area contributed by atoms with Crippen LogP contribution in [-0.2, 0) is 9.59 Å². The molecule has 0 aliphatic carbocycles.